The highest BCUT2D eigenvalue weighted by Crippen LogP contribution is 2.50. The lowest BCUT2D eigenvalue weighted by molar-refractivity contribution is -0.123. The number of hydrogen-bond acceptors (Lipinski definition) is 4. The summed E-state index contributed by atoms with van der Waals surface area (Å²) in [5.41, 5.74) is 0.130. The number of thioether (sulfide) groups is 1. The molecule has 0 aromatic rings. The van der Waals surface area contributed by atoms with Crippen molar-refractivity contribution in [2.75, 3.05) is 12.8 Å². The molecule has 1 saturated heterocycles. The van der Waals surface area contributed by atoms with Crippen molar-refractivity contribution in [3.05, 3.63) is 0 Å². The van der Waals surface area contributed by atoms with Crippen LogP contribution in [0, 0.1) is 5.41 Å². The lowest BCUT2D eigenvalue weighted by Gasteiger charge is -2.34. The van der Waals surface area contributed by atoms with Gasteiger partial charge in [-0.05, 0) is 58.8 Å². The van der Waals surface area contributed by atoms with Crippen LogP contribution in [0.1, 0.15) is 54.4 Å². The first-order chi connectivity index (χ1) is 10.6. The number of nitrogens with one attached hydrogen (secondary N) is 2. The van der Waals surface area contributed by atoms with Gasteiger partial charge in [-0.25, -0.2) is 0 Å². The Bertz CT molecular complexity index is 430. The summed E-state index contributed by atoms with van der Waals surface area (Å²) in [4.78, 5) is 25.2. The summed E-state index contributed by atoms with van der Waals surface area (Å²) in [6.45, 7) is 12.6. The predicted molar refractivity (Wildman–Crippen MR) is 97.4 cm³/mol. The molecular formula is C17H33N3O2S. The molecule has 2 unspecified atom stereocenters. The molecule has 1 heterocycles. The number of carbonyl (C=O) groups excluding carboxylic acids is 2. The third kappa shape index (κ3) is 4.86. The summed E-state index contributed by atoms with van der Waals surface area (Å²) < 4.78 is 0. The minimum Gasteiger partial charge on any atom is -0.352 e. The second kappa shape index (κ2) is 7.88. The molecule has 1 rings (SSSR count). The average Bonchev–Trinajstić information content (AvgIpc) is 2.63. The van der Waals surface area contributed by atoms with Gasteiger partial charge in [-0.3, -0.25) is 9.59 Å². The summed E-state index contributed by atoms with van der Waals surface area (Å²) in [5.74, 6) is 0.945. The van der Waals surface area contributed by atoms with E-state index in [4.69, 9.17) is 0 Å². The number of carbonyl (C=O) groups is 2. The van der Waals surface area contributed by atoms with Gasteiger partial charge in [0.05, 0.1) is 10.9 Å². The molecular weight excluding hydrogens is 310 g/mol. The van der Waals surface area contributed by atoms with E-state index in [0.717, 1.165) is 25.0 Å². The minimum atomic E-state index is -0.176. The van der Waals surface area contributed by atoms with Crippen LogP contribution in [0.3, 0.4) is 0 Å². The molecule has 1 aliphatic heterocycles. The zero-order chi connectivity index (χ0) is 17.8. The molecule has 2 N–H and O–H groups in total. The monoisotopic (exact) mass is 343 g/mol. The molecule has 0 saturated carbocycles. The Hall–Kier alpha value is -0.750. The van der Waals surface area contributed by atoms with Crippen LogP contribution in [-0.2, 0) is 9.59 Å². The van der Waals surface area contributed by atoms with E-state index in [9.17, 15) is 9.59 Å². The van der Waals surface area contributed by atoms with E-state index >= 15 is 0 Å². The van der Waals surface area contributed by atoms with Crippen LogP contribution in [0.4, 0.5) is 0 Å². The molecule has 5 nitrogen and oxygen atoms in total. The molecule has 0 aromatic heterocycles. The number of amides is 2. The Labute approximate surface area is 145 Å². The molecule has 1 fully saturated rings. The maximum absolute atomic E-state index is 11.9. The molecule has 1 aliphatic rings. The first-order valence-corrected chi connectivity index (χ1v) is 9.41. The van der Waals surface area contributed by atoms with Crippen LogP contribution >= 0.6 is 11.8 Å². The number of rotatable bonds is 8. The van der Waals surface area contributed by atoms with E-state index in [2.05, 4.69) is 38.3 Å². The van der Waals surface area contributed by atoms with Crippen LogP contribution in [0.25, 0.3) is 0 Å². The van der Waals surface area contributed by atoms with E-state index in [0.29, 0.717) is 0 Å². The maximum atomic E-state index is 11.9. The summed E-state index contributed by atoms with van der Waals surface area (Å²) in [6.07, 6.45) is 2.87. The van der Waals surface area contributed by atoms with Gasteiger partial charge in [-0.2, -0.15) is 0 Å². The Morgan fingerprint density at radius 3 is 2.52 bits per heavy atom. The van der Waals surface area contributed by atoms with Crippen molar-refractivity contribution in [1.82, 2.24) is 15.5 Å². The van der Waals surface area contributed by atoms with Gasteiger partial charge >= 0.3 is 0 Å². The van der Waals surface area contributed by atoms with Crippen LogP contribution in [0.2, 0.25) is 0 Å². The first-order valence-electron chi connectivity index (χ1n) is 8.42. The van der Waals surface area contributed by atoms with Gasteiger partial charge in [0.25, 0.3) is 0 Å². The smallest absolute Gasteiger partial charge is 0.237 e. The van der Waals surface area contributed by atoms with Crippen molar-refractivity contribution >= 4 is 24.1 Å². The molecule has 0 aromatic carbocycles. The van der Waals surface area contributed by atoms with Crippen LogP contribution in [0.5, 0.6) is 0 Å². The van der Waals surface area contributed by atoms with E-state index in [1.165, 1.54) is 0 Å². The number of likely N-dealkylation sites (N-methyl/N-ethyl adjacent to an activating group) is 1. The van der Waals surface area contributed by atoms with Crippen molar-refractivity contribution in [2.45, 2.75) is 77.4 Å². The zero-order valence-corrected chi connectivity index (χ0v) is 16.4. The standard InChI is InChI=1S/C17H33N3O2S/c1-12(19-15(22)13(2)18-7)8-9-23-17(6)10-16(4,5)14(3)20(17)11-21/h11-14,18H,8-10H2,1-7H3,(H,19,22)/t12?,13-,14?,17-/m0/s1. The summed E-state index contributed by atoms with van der Waals surface area (Å²) in [7, 11) is 1.78. The van der Waals surface area contributed by atoms with Crippen LogP contribution in [-0.4, -0.2) is 53.0 Å². The molecule has 4 atom stereocenters. The molecule has 0 spiro atoms. The van der Waals surface area contributed by atoms with E-state index in [-0.39, 0.29) is 34.3 Å². The van der Waals surface area contributed by atoms with E-state index in [1.807, 2.05) is 30.5 Å². The molecule has 23 heavy (non-hydrogen) atoms. The maximum Gasteiger partial charge on any atom is 0.237 e. The van der Waals surface area contributed by atoms with Gasteiger partial charge in [0.2, 0.25) is 12.3 Å². The molecule has 0 radical (unpaired) electrons. The summed E-state index contributed by atoms with van der Waals surface area (Å²) in [6, 6.07) is 0.196. The lowest BCUT2D eigenvalue weighted by atomic mass is 9.85. The Kier molecular flexibility index (Phi) is 6.95. The highest BCUT2D eigenvalue weighted by atomic mass is 32.2. The summed E-state index contributed by atoms with van der Waals surface area (Å²) in [5, 5.41) is 5.96. The highest BCUT2D eigenvalue weighted by Gasteiger charge is 2.50. The summed E-state index contributed by atoms with van der Waals surface area (Å²) >= 11 is 1.82. The molecule has 2 amide bonds. The topological polar surface area (TPSA) is 61.4 Å². The lowest BCUT2D eigenvalue weighted by Crippen LogP contribution is -2.44. The highest BCUT2D eigenvalue weighted by molar-refractivity contribution is 8.00. The number of likely N-dealkylation sites (tertiary alicyclic amines) is 1. The second-order valence-corrected chi connectivity index (χ2v) is 9.16. The Morgan fingerprint density at radius 2 is 2.00 bits per heavy atom. The molecule has 6 heteroatoms. The van der Waals surface area contributed by atoms with Crippen molar-refractivity contribution < 1.29 is 9.59 Å². The first kappa shape index (κ1) is 20.3. The van der Waals surface area contributed by atoms with Crippen molar-refractivity contribution in [3.63, 3.8) is 0 Å². The van der Waals surface area contributed by atoms with Crippen molar-refractivity contribution in [2.24, 2.45) is 5.41 Å². The molecule has 0 bridgehead atoms. The quantitative estimate of drug-likeness (QED) is 0.664. The van der Waals surface area contributed by atoms with Gasteiger partial charge in [0, 0.05) is 12.1 Å². The third-order valence-corrected chi connectivity index (χ3v) is 6.59. The van der Waals surface area contributed by atoms with Crippen LogP contribution < -0.4 is 10.6 Å². The second-order valence-electron chi connectivity index (χ2n) is 7.59. The van der Waals surface area contributed by atoms with Gasteiger partial charge in [-0.15, -0.1) is 11.8 Å². The third-order valence-electron chi connectivity index (χ3n) is 5.17. The van der Waals surface area contributed by atoms with Crippen molar-refractivity contribution in [3.8, 4) is 0 Å². The van der Waals surface area contributed by atoms with Crippen LogP contribution in [0.15, 0.2) is 0 Å². The van der Waals surface area contributed by atoms with Gasteiger partial charge in [0.15, 0.2) is 0 Å². The predicted octanol–water partition coefficient (Wildman–Crippen LogP) is 2.22. The average molecular weight is 344 g/mol. The fraction of sp³-hybridized carbons (Fsp3) is 0.882. The number of nitrogens with zero attached hydrogens (tertiary/aromatic N) is 1. The Morgan fingerprint density at radius 1 is 1.39 bits per heavy atom. The molecule has 134 valence electrons. The largest absolute Gasteiger partial charge is 0.352 e. The van der Waals surface area contributed by atoms with Gasteiger partial charge in [-0.1, -0.05) is 13.8 Å². The normalized spacial score (nSPS) is 29.2. The fourth-order valence-corrected chi connectivity index (χ4v) is 4.96. The van der Waals surface area contributed by atoms with Gasteiger partial charge in [0.1, 0.15) is 0 Å². The van der Waals surface area contributed by atoms with Crippen molar-refractivity contribution in [1.29, 1.82) is 0 Å². The van der Waals surface area contributed by atoms with E-state index in [1.54, 1.807) is 7.05 Å². The fourth-order valence-electron chi connectivity index (χ4n) is 3.23. The SMILES string of the molecule is CN[C@@H](C)C(=O)NC(C)CCS[C@@]1(C)CC(C)(C)C(C)N1C=O. The Balaban J connectivity index is 2.51. The zero-order valence-electron chi connectivity index (χ0n) is 15.6. The van der Waals surface area contributed by atoms with E-state index < -0.39 is 0 Å². The number of hydrogen-bond donors (Lipinski definition) is 2. The van der Waals surface area contributed by atoms with Gasteiger partial charge < -0.3 is 15.5 Å². The minimum absolute atomic E-state index is 0.0290. The molecule has 0 aliphatic carbocycles.